The first kappa shape index (κ1) is 13.8. The molecule has 7 heteroatoms. The maximum Gasteiger partial charge on any atom is 0.168 e. The SMILES string of the molecule is CCC(O)Nc1ncnc2c1cnn2-c1cccc(Cl)c1. The number of anilines is 1. The van der Waals surface area contributed by atoms with E-state index in [2.05, 4.69) is 20.4 Å². The van der Waals surface area contributed by atoms with Crippen molar-refractivity contribution in [2.24, 2.45) is 0 Å². The quantitative estimate of drug-likeness (QED) is 0.725. The first-order chi connectivity index (χ1) is 10.2. The van der Waals surface area contributed by atoms with Gasteiger partial charge >= 0.3 is 0 Å². The van der Waals surface area contributed by atoms with Crippen LogP contribution in [0.25, 0.3) is 16.7 Å². The van der Waals surface area contributed by atoms with E-state index in [1.165, 1.54) is 6.33 Å². The first-order valence-corrected chi connectivity index (χ1v) is 6.96. The van der Waals surface area contributed by atoms with Crippen molar-refractivity contribution < 1.29 is 5.11 Å². The number of benzene rings is 1. The molecule has 0 spiro atoms. The number of aliphatic hydroxyl groups is 1. The molecule has 108 valence electrons. The zero-order chi connectivity index (χ0) is 14.8. The summed E-state index contributed by atoms with van der Waals surface area (Å²) < 4.78 is 1.69. The lowest BCUT2D eigenvalue weighted by molar-refractivity contribution is 0.199. The van der Waals surface area contributed by atoms with Gasteiger partial charge in [0.25, 0.3) is 0 Å². The van der Waals surface area contributed by atoms with E-state index >= 15 is 0 Å². The minimum atomic E-state index is -0.655. The Morgan fingerprint density at radius 1 is 1.38 bits per heavy atom. The normalized spacial score (nSPS) is 12.5. The van der Waals surface area contributed by atoms with Gasteiger partial charge in [-0.05, 0) is 24.6 Å². The summed E-state index contributed by atoms with van der Waals surface area (Å²) in [5.74, 6) is 0.558. The van der Waals surface area contributed by atoms with Crippen molar-refractivity contribution in [3.05, 3.63) is 41.8 Å². The fourth-order valence-corrected chi connectivity index (χ4v) is 2.20. The van der Waals surface area contributed by atoms with Crippen molar-refractivity contribution in [2.45, 2.75) is 19.6 Å². The molecule has 0 aliphatic heterocycles. The second-order valence-corrected chi connectivity index (χ2v) is 5.00. The zero-order valence-corrected chi connectivity index (χ0v) is 12.1. The first-order valence-electron chi connectivity index (χ1n) is 6.58. The second kappa shape index (κ2) is 5.67. The van der Waals surface area contributed by atoms with E-state index in [4.69, 9.17) is 11.6 Å². The van der Waals surface area contributed by atoms with Gasteiger partial charge in [-0.1, -0.05) is 24.6 Å². The van der Waals surface area contributed by atoms with Crippen LogP contribution < -0.4 is 5.32 Å². The Labute approximate surface area is 126 Å². The van der Waals surface area contributed by atoms with Gasteiger partial charge in [0.2, 0.25) is 0 Å². The average Bonchev–Trinajstić information content (AvgIpc) is 2.92. The molecule has 3 rings (SSSR count). The number of nitrogens with zero attached hydrogens (tertiary/aromatic N) is 4. The predicted octanol–water partition coefficient (Wildman–Crippen LogP) is 2.61. The van der Waals surface area contributed by atoms with Gasteiger partial charge in [-0.2, -0.15) is 5.10 Å². The molecule has 1 aromatic carbocycles. The van der Waals surface area contributed by atoms with Crippen LogP contribution in [-0.2, 0) is 0 Å². The lowest BCUT2D eigenvalue weighted by Crippen LogP contribution is -2.18. The molecule has 0 saturated carbocycles. The second-order valence-electron chi connectivity index (χ2n) is 4.56. The maximum absolute atomic E-state index is 9.71. The van der Waals surface area contributed by atoms with E-state index < -0.39 is 6.23 Å². The van der Waals surface area contributed by atoms with Crippen LogP contribution in [0.1, 0.15) is 13.3 Å². The van der Waals surface area contributed by atoms with Crippen LogP contribution in [0.2, 0.25) is 5.02 Å². The molecule has 6 nitrogen and oxygen atoms in total. The number of aromatic nitrogens is 4. The molecule has 0 aliphatic rings. The summed E-state index contributed by atoms with van der Waals surface area (Å²) in [6, 6.07) is 7.36. The zero-order valence-electron chi connectivity index (χ0n) is 11.4. The molecule has 0 aliphatic carbocycles. The number of hydrogen-bond acceptors (Lipinski definition) is 5. The molecule has 0 radical (unpaired) electrons. The highest BCUT2D eigenvalue weighted by atomic mass is 35.5. The van der Waals surface area contributed by atoms with Crippen molar-refractivity contribution in [2.75, 3.05) is 5.32 Å². The fraction of sp³-hybridized carbons (Fsp3) is 0.214. The number of hydrogen-bond donors (Lipinski definition) is 2. The molecule has 0 amide bonds. The molecule has 0 saturated heterocycles. The van der Waals surface area contributed by atoms with Crippen LogP contribution in [0.4, 0.5) is 5.82 Å². The molecular formula is C14H14ClN5O. The van der Waals surface area contributed by atoms with E-state index in [1.807, 2.05) is 25.1 Å². The number of rotatable bonds is 4. The summed E-state index contributed by atoms with van der Waals surface area (Å²) in [6.45, 7) is 1.88. The Bertz CT molecular complexity index is 773. The van der Waals surface area contributed by atoms with Crippen molar-refractivity contribution >= 4 is 28.5 Å². The Morgan fingerprint density at radius 2 is 2.24 bits per heavy atom. The number of nitrogens with one attached hydrogen (secondary N) is 1. The Morgan fingerprint density at radius 3 is 3.00 bits per heavy atom. The monoisotopic (exact) mass is 303 g/mol. The van der Waals surface area contributed by atoms with Crippen LogP contribution in [0.3, 0.4) is 0 Å². The van der Waals surface area contributed by atoms with Crippen LogP contribution >= 0.6 is 11.6 Å². The number of aliphatic hydroxyl groups excluding tert-OH is 1. The summed E-state index contributed by atoms with van der Waals surface area (Å²) in [7, 11) is 0. The molecule has 0 bridgehead atoms. The van der Waals surface area contributed by atoms with Gasteiger partial charge in [-0.15, -0.1) is 0 Å². The van der Waals surface area contributed by atoms with E-state index in [-0.39, 0.29) is 0 Å². The van der Waals surface area contributed by atoms with Crippen LogP contribution in [0, 0.1) is 0 Å². The van der Waals surface area contributed by atoms with Crippen molar-refractivity contribution in [1.82, 2.24) is 19.7 Å². The molecule has 2 N–H and O–H groups in total. The van der Waals surface area contributed by atoms with Crippen molar-refractivity contribution in [3.8, 4) is 5.69 Å². The summed E-state index contributed by atoms with van der Waals surface area (Å²) in [4.78, 5) is 8.42. The smallest absolute Gasteiger partial charge is 0.168 e. The molecule has 2 aromatic heterocycles. The Balaban J connectivity index is 2.09. The largest absolute Gasteiger partial charge is 0.374 e. The molecule has 3 aromatic rings. The van der Waals surface area contributed by atoms with Gasteiger partial charge in [0.15, 0.2) is 5.65 Å². The molecule has 1 atom stereocenters. The van der Waals surface area contributed by atoms with Crippen molar-refractivity contribution in [1.29, 1.82) is 0 Å². The topological polar surface area (TPSA) is 75.9 Å². The van der Waals surface area contributed by atoms with E-state index in [9.17, 15) is 5.11 Å². The standard InChI is InChI=1S/C14H14ClN5O/c1-2-12(21)19-13-11-7-18-20(14(11)17-8-16-13)10-5-3-4-9(15)6-10/h3-8,12,21H,2H2,1H3,(H,16,17,19). The number of fused-ring (bicyclic) bond motifs is 1. The molecule has 0 fully saturated rings. The van der Waals surface area contributed by atoms with Gasteiger partial charge in [0.1, 0.15) is 18.4 Å². The Hall–Kier alpha value is -2.18. The van der Waals surface area contributed by atoms with Gasteiger partial charge in [-0.3, -0.25) is 0 Å². The maximum atomic E-state index is 9.71. The highest BCUT2D eigenvalue weighted by Crippen LogP contribution is 2.23. The van der Waals surface area contributed by atoms with Gasteiger partial charge in [-0.25, -0.2) is 14.6 Å². The van der Waals surface area contributed by atoms with Gasteiger partial charge in [0.05, 0.1) is 17.3 Å². The summed E-state index contributed by atoms with van der Waals surface area (Å²) in [6.07, 6.45) is 3.03. The summed E-state index contributed by atoms with van der Waals surface area (Å²) in [5, 5.41) is 18.4. The highest BCUT2D eigenvalue weighted by Gasteiger charge is 2.12. The van der Waals surface area contributed by atoms with E-state index in [0.717, 1.165) is 11.1 Å². The lowest BCUT2D eigenvalue weighted by Gasteiger charge is -2.11. The van der Waals surface area contributed by atoms with E-state index in [1.54, 1.807) is 16.9 Å². The predicted molar refractivity (Wildman–Crippen MR) is 81.6 cm³/mol. The highest BCUT2D eigenvalue weighted by molar-refractivity contribution is 6.30. The van der Waals surface area contributed by atoms with Crippen LogP contribution in [-0.4, -0.2) is 31.1 Å². The number of halogens is 1. The van der Waals surface area contributed by atoms with Gasteiger partial charge < -0.3 is 10.4 Å². The van der Waals surface area contributed by atoms with Crippen LogP contribution in [0.15, 0.2) is 36.8 Å². The van der Waals surface area contributed by atoms with Gasteiger partial charge in [0, 0.05) is 5.02 Å². The third-order valence-corrected chi connectivity index (χ3v) is 3.34. The summed E-state index contributed by atoms with van der Waals surface area (Å²) in [5.41, 5.74) is 1.47. The molecule has 21 heavy (non-hydrogen) atoms. The fourth-order valence-electron chi connectivity index (χ4n) is 2.02. The minimum Gasteiger partial charge on any atom is -0.374 e. The third kappa shape index (κ3) is 2.68. The average molecular weight is 304 g/mol. The Kier molecular flexibility index (Phi) is 3.72. The summed E-state index contributed by atoms with van der Waals surface area (Å²) >= 11 is 6.01. The molecule has 1 unspecified atom stereocenters. The van der Waals surface area contributed by atoms with Crippen molar-refractivity contribution in [3.63, 3.8) is 0 Å². The molecular weight excluding hydrogens is 290 g/mol. The van der Waals surface area contributed by atoms with E-state index in [0.29, 0.717) is 22.9 Å². The lowest BCUT2D eigenvalue weighted by atomic mass is 10.3. The molecule has 2 heterocycles. The third-order valence-electron chi connectivity index (χ3n) is 3.11. The minimum absolute atomic E-state index is 0.558. The van der Waals surface area contributed by atoms with Crippen LogP contribution in [0.5, 0.6) is 0 Å².